The van der Waals surface area contributed by atoms with Crippen LogP contribution < -0.4 is 10.2 Å². The maximum atomic E-state index is 12.2. The normalized spacial score (nSPS) is 28.0. The summed E-state index contributed by atoms with van der Waals surface area (Å²) in [5.74, 6) is 1.93. The number of carbonyl (C=O) groups excluding carboxylic acids is 1. The molecule has 3 rings (SSSR count). The zero-order valence-corrected chi connectivity index (χ0v) is 13.9. The minimum Gasteiger partial charge on any atom is -0.347 e. The van der Waals surface area contributed by atoms with E-state index < -0.39 is 0 Å². The zero-order valence-electron chi connectivity index (χ0n) is 13.1. The highest BCUT2D eigenvalue weighted by Gasteiger charge is 2.34. The highest BCUT2D eigenvalue weighted by atomic mass is 35.5. The molecule has 2 N–H and O–H groups in total. The number of halogens is 1. The second-order valence-corrected chi connectivity index (χ2v) is 7.25. The van der Waals surface area contributed by atoms with E-state index in [4.69, 9.17) is 11.6 Å². The molecule has 3 nitrogen and oxygen atoms in total. The Hall–Kier alpha value is -1.06. The van der Waals surface area contributed by atoms with E-state index in [-0.39, 0.29) is 5.91 Å². The van der Waals surface area contributed by atoms with E-state index in [2.05, 4.69) is 5.32 Å². The van der Waals surface area contributed by atoms with Crippen LogP contribution in [0.1, 0.15) is 37.7 Å². The molecule has 1 saturated heterocycles. The van der Waals surface area contributed by atoms with Crippen LogP contribution in [0.3, 0.4) is 0 Å². The topological polar surface area (TPSA) is 33.5 Å². The largest absolute Gasteiger partial charge is 0.347 e. The van der Waals surface area contributed by atoms with Crippen LogP contribution in [-0.2, 0) is 11.3 Å². The molecule has 1 aromatic rings. The average molecular weight is 322 g/mol. The number of hydrogen-bond donors (Lipinski definition) is 2. The standard InChI is InChI=1S/C18H25ClN2O/c19-17-8-4-3-6-15(17)11-20-18(22)13-21-10-9-14-5-1-2-7-16(14)12-21/h3-4,6,8,14,16H,1-2,5,7,9-13H2,(H,20,22)/p+1/t14-,16+/m0/s1. The van der Waals surface area contributed by atoms with Crippen molar-refractivity contribution in [1.82, 2.24) is 5.32 Å². The number of benzene rings is 1. The van der Waals surface area contributed by atoms with Crippen molar-refractivity contribution in [2.24, 2.45) is 11.8 Å². The molecule has 1 heterocycles. The molecule has 1 aliphatic heterocycles. The molecule has 1 aromatic carbocycles. The molecule has 1 saturated carbocycles. The van der Waals surface area contributed by atoms with Gasteiger partial charge in [0.2, 0.25) is 0 Å². The molecule has 3 atom stereocenters. The van der Waals surface area contributed by atoms with Crippen molar-refractivity contribution in [3.05, 3.63) is 34.9 Å². The first-order chi connectivity index (χ1) is 10.7. The summed E-state index contributed by atoms with van der Waals surface area (Å²) in [6.07, 6.45) is 6.88. The van der Waals surface area contributed by atoms with Gasteiger partial charge in [0.15, 0.2) is 6.54 Å². The summed E-state index contributed by atoms with van der Waals surface area (Å²) in [6.45, 7) is 3.47. The molecule has 22 heavy (non-hydrogen) atoms. The molecule has 2 fully saturated rings. The number of piperidine rings is 1. The van der Waals surface area contributed by atoms with Gasteiger partial charge < -0.3 is 10.2 Å². The first-order valence-corrected chi connectivity index (χ1v) is 8.94. The lowest BCUT2D eigenvalue weighted by Crippen LogP contribution is -3.15. The van der Waals surface area contributed by atoms with Gasteiger partial charge in [0.25, 0.3) is 5.91 Å². The van der Waals surface area contributed by atoms with Gasteiger partial charge >= 0.3 is 0 Å². The number of quaternary nitrogens is 1. The lowest BCUT2D eigenvalue weighted by atomic mass is 9.75. The minimum atomic E-state index is 0.143. The average Bonchev–Trinajstić information content (AvgIpc) is 2.54. The van der Waals surface area contributed by atoms with E-state index in [0.29, 0.717) is 13.1 Å². The van der Waals surface area contributed by atoms with Crippen LogP contribution in [0.25, 0.3) is 0 Å². The van der Waals surface area contributed by atoms with Crippen LogP contribution in [0.2, 0.25) is 5.02 Å². The van der Waals surface area contributed by atoms with Crippen LogP contribution in [0, 0.1) is 11.8 Å². The lowest BCUT2D eigenvalue weighted by Gasteiger charge is -2.38. The van der Waals surface area contributed by atoms with Crippen molar-refractivity contribution in [2.45, 2.75) is 38.6 Å². The Morgan fingerprint density at radius 2 is 1.95 bits per heavy atom. The van der Waals surface area contributed by atoms with Gasteiger partial charge in [-0.15, -0.1) is 0 Å². The number of fused-ring (bicyclic) bond motifs is 1. The van der Waals surface area contributed by atoms with Gasteiger partial charge in [-0.2, -0.15) is 0 Å². The maximum Gasteiger partial charge on any atom is 0.275 e. The predicted octanol–water partition coefficient (Wildman–Crippen LogP) is 2.05. The van der Waals surface area contributed by atoms with E-state index in [1.165, 1.54) is 43.5 Å². The Kier molecular flexibility index (Phi) is 5.37. The van der Waals surface area contributed by atoms with Crippen molar-refractivity contribution in [3.8, 4) is 0 Å². The zero-order chi connectivity index (χ0) is 15.4. The van der Waals surface area contributed by atoms with E-state index in [1.54, 1.807) is 0 Å². The van der Waals surface area contributed by atoms with Gasteiger partial charge in [-0.05, 0) is 36.8 Å². The Bertz CT molecular complexity index is 520. The Balaban J connectivity index is 1.45. The van der Waals surface area contributed by atoms with Crippen molar-refractivity contribution >= 4 is 17.5 Å². The van der Waals surface area contributed by atoms with Gasteiger partial charge in [0, 0.05) is 17.5 Å². The molecule has 0 radical (unpaired) electrons. The number of carbonyl (C=O) groups is 1. The minimum absolute atomic E-state index is 0.143. The van der Waals surface area contributed by atoms with Gasteiger partial charge in [0.05, 0.1) is 13.1 Å². The number of rotatable bonds is 4. The predicted molar refractivity (Wildman–Crippen MR) is 88.9 cm³/mol. The van der Waals surface area contributed by atoms with E-state index in [1.807, 2.05) is 24.3 Å². The molecule has 0 spiro atoms. The molecule has 0 aromatic heterocycles. The molecular weight excluding hydrogens is 296 g/mol. The fourth-order valence-corrected chi connectivity index (χ4v) is 4.28. The van der Waals surface area contributed by atoms with E-state index in [9.17, 15) is 4.79 Å². The third kappa shape index (κ3) is 4.02. The first kappa shape index (κ1) is 15.8. The Morgan fingerprint density at radius 1 is 1.18 bits per heavy atom. The molecule has 4 heteroatoms. The summed E-state index contributed by atoms with van der Waals surface area (Å²) >= 11 is 6.12. The van der Waals surface area contributed by atoms with Gasteiger partial charge in [0.1, 0.15) is 0 Å². The van der Waals surface area contributed by atoms with Crippen molar-refractivity contribution < 1.29 is 9.69 Å². The third-order valence-corrected chi connectivity index (χ3v) is 5.70. The summed E-state index contributed by atoms with van der Waals surface area (Å²) in [7, 11) is 0. The molecule has 120 valence electrons. The molecule has 0 bridgehead atoms. The molecule has 1 unspecified atom stereocenters. The van der Waals surface area contributed by atoms with Crippen LogP contribution in [0.4, 0.5) is 0 Å². The van der Waals surface area contributed by atoms with Crippen LogP contribution >= 0.6 is 11.6 Å². The smallest absolute Gasteiger partial charge is 0.275 e. The fraction of sp³-hybridized carbons (Fsp3) is 0.611. The van der Waals surface area contributed by atoms with Crippen LogP contribution in [0.5, 0.6) is 0 Å². The Labute approximate surface area is 138 Å². The fourth-order valence-electron chi connectivity index (χ4n) is 4.08. The summed E-state index contributed by atoms with van der Waals surface area (Å²) < 4.78 is 0. The highest BCUT2D eigenvalue weighted by Crippen LogP contribution is 2.32. The summed E-state index contributed by atoms with van der Waals surface area (Å²) in [5, 5.41) is 3.74. The van der Waals surface area contributed by atoms with Gasteiger partial charge in [-0.1, -0.05) is 42.6 Å². The number of likely N-dealkylation sites (tertiary alicyclic amines) is 1. The first-order valence-electron chi connectivity index (χ1n) is 8.56. The summed E-state index contributed by atoms with van der Waals surface area (Å²) in [4.78, 5) is 13.6. The number of nitrogens with one attached hydrogen (secondary N) is 2. The SMILES string of the molecule is O=C(C[NH+]1CC[C@@H]2CCCC[C@@H]2C1)NCc1ccccc1Cl. The monoisotopic (exact) mass is 321 g/mol. The quantitative estimate of drug-likeness (QED) is 0.874. The maximum absolute atomic E-state index is 12.2. The Morgan fingerprint density at radius 3 is 2.77 bits per heavy atom. The van der Waals surface area contributed by atoms with E-state index in [0.717, 1.165) is 29.0 Å². The van der Waals surface area contributed by atoms with Gasteiger partial charge in [-0.25, -0.2) is 0 Å². The molecular formula is C18H26ClN2O+. The van der Waals surface area contributed by atoms with Crippen molar-refractivity contribution in [2.75, 3.05) is 19.6 Å². The summed E-state index contributed by atoms with van der Waals surface area (Å²) in [5.41, 5.74) is 0.985. The second-order valence-electron chi connectivity index (χ2n) is 6.84. The van der Waals surface area contributed by atoms with Crippen molar-refractivity contribution in [1.29, 1.82) is 0 Å². The second kappa shape index (κ2) is 7.47. The van der Waals surface area contributed by atoms with Gasteiger partial charge in [-0.3, -0.25) is 4.79 Å². The third-order valence-electron chi connectivity index (χ3n) is 5.33. The van der Waals surface area contributed by atoms with Crippen LogP contribution in [-0.4, -0.2) is 25.5 Å². The number of hydrogen-bond acceptors (Lipinski definition) is 1. The van der Waals surface area contributed by atoms with Crippen LogP contribution in [0.15, 0.2) is 24.3 Å². The highest BCUT2D eigenvalue weighted by molar-refractivity contribution is 6.31. The molecule has 1 aliphatic carbocycles. The number of amides is 1. The summed E-state index contributed by atoms with van der Waals surface area (Å²) in [6, 6.07) is 7.68. The molecule has 2 aliphatic rings. The lowest BCUT2D eigenvalue weighted by molar-refractivity contribution is -0.902. The molecule has 1 amide bonds. The van der Waals surface area contributed by atoms with E-state index >= 15 is 0 Å². The van der Waals surface area contributed by atoms with Crippen molar-refractivity contribution in [3.63, 3.8) is 0 Å².